The highest BCUT2D eigenvalue weighted by molar-refractivity contribution is 5.97. The van der Waals surface area contributed by atoms with Crippen LogP contribution in [0.15, 0.2) is 42.7 Å². The van der Waals surface area contributed by atoms with Crippen LogP contribution in [0.2, 0.25) is 0 Å². The van der Waals surface area contributed by atoms with E-state index < -0.39 is 5.54 Å². The van der Waals surface area contributed by atoms with Crippen LogP contribution in [0, 0.1) is 0 Å². The number of nitrogens with one attached hydrogen (secondary N) is 1. The number of methoxy groups -OCH3 is 1. The van der Waals surface area contributed by atoms with Crippen molar-refractivity contribution in [1.82, 2.24) is 20.0 Å². The van der Waals surface area contributed by atoms with Gasteiger partial charge >= 0.3 is 0 Å². The number of carbonyl (C=O) groups is 2. The number of nitrogens with zero attached hydrogens (tertiary/aromatic N) is 3. The smallest absolute Gasteiger partial charge is 0.257 e. The van der Waals surface area contributed by atoms with Crippen LogP contribution >= 0.6 is 0 Å². The van der Waals surface area contributed by atoms with Crippen LogP contribution in [0.5, 0.6) is 0 Å². The Morgan fingerprint density at radius 1 is 1.15 bits per heavy atom. The molecule has 2 aromatic rings. The maximum absolute atomic E-state index is 12.7. The molecular weight excluding hydrogens is 332 g/mol. The van der Waals surface area contributed by atoms with E-state index in [9.17, 15) is 9.59 Å². The molecule has 1 saturated heterocycles. The van der Waals surface area contributed by atoms with Crippen LogP contribution in [0.1, 0.15) is 33.6 Å². The second-order valence-corrected chi connectivity index (χ2v) is 7.16. The van der Waals surface area contributed by atoms with Crippen molar-refractivity contribution >= 4 is 11.8 Å². The summed E-state index contributed by atoms with van der Waals surface area (Å²) in [5, 5.41) is 7.22. The molecule has 4 rings (SSSR count). The molecule has 136 valence electrons. The largest absolute Gasteiger partial charge is 0.376 e. The van der Waals surface area contributed by atoms with Gasteiger partial charge in [-0.25, -0.2) is 0 Å². The van der Waals surface area contributed by atoms with E-state index >= 15 is 0 Å². The monoisotopic (exact) mass is 354 g/mol. The molecule has 26 heavy (non-hydrogen) atoms. The molecule has 2 amide bonds. The average Bonchev–Trinajstić information content (AvgIpc) is 3.32. The molecule has 0 spiro atoms. The highest BCUT2D eigenvalue weighted by Gasteiger charge is 2.66. The Hall–Kier alpha value is -2.67. The predicted octanol–water partition coefficient (Wildman–Crippen LogP) is 1.22. The molecule has 1 aliphatic heterocycles. The first-order valence-corrected chi connectivity index (χ1v) is 8.69. The van der Waals surface area contributed by atoms with Crippen LogP contribution in [-0.4, -0.2) is 57.8 Å². The van der Waals surface area contributed by atoms with Gasteiger partial charge in [-0.15, -0.1) is 0 Å². The van der Waals surface area contributed by atoms with Gasteiger partial charge in [0.1, 0.15) is 5.54 Å². The Morgan fingerprint density at radius 3 is 2.38 bits per heavy atom. The molecule has 1 aromatic carbocycles. The SMILES string of the molecule is COC1(C2(NC(=O)c3ccccc3)CN(C(=O)c3cnn(C)c3)C2)CC1. The standard InChI is InChI=1S/C19H22N4O3/c1-22-11-15(10-20-22)17(25)23-12-18(13-23,19(26-2)8-9-19)21-16(24)14-6-4-3-5-7-14/h3-7,10-11H,8-9,12-13H2,1-2H3,(H,21,24). The highest BCUT2D eigenvalue weighted by atomic mass is 16.5. The van der Waals surface area contributed by atoms with E-state index in [2.05, 4.69) is 10.4 Å². The summed E-state index contributed by atoms with van der Waals surface area (Å²) in [7, 11) is 3.45. The zero-order valence-electron chi connectivity index (χ0n) is 14.9. The average molecular weight is 354 g/mol. The Morgan fingerprint density at radius 2 is 1.85 bits per heavy atom. The lowest BCUT2D eigenvalue weighted by atomic mass is 9.80. The van der Waals surface area contributed by atoms with Crippen molar-refractivity contribution in [2.75, 3.05) is 20.2 Å². The third-order valence-corrected chi connectivity index (χ3v) is 5.52. The number of likely N-dealkylation sites (tertiary alicyclic amines) is 1. The van der Waals surface area contributed by atoms with Crippen molar-refractivity contribution in [2.45, 2.75) is 24.0 Å². The van der Waals surface area contributed by atoms with Crippen molar-refractivity contribution in [3.05, 3.63) is 53.9 Å². The number of benzene rings is 1. The molecule has 7 heteroatoms. The highest BCUT2D eigenvalue weighted by Crippen LogP contribution is 2.51. The fourth-order valence-corrected chi connectivity index (χ4v) is 3.81. The molecule has 1 saturated carbocycles. The topological polar surface area (TPSA) is 76.5 Å². The van der Waals surface area contributed by atoms with Crippen LogP contribution < -0.4 is 5.32 Å². The summed E-state index contributed by atoms with van der Waals surface area (Å²) in [6.07, 6.45) is 5.03. The van der Waals surface area contributed by atoms with Crippen LogP contribution in [0.4, 0.5) is 0 Å². The Labute approximate surface area is 151 Å². The summed E-state index contributed by atoms with van der Waals surface area (Å²) in [6, 6.07) is 9.12. The molecule has 1 aromatic heterocycles. The van der Waals surface area contributed by atoms with Gasteiger partial charge in [0.05, 0.1) is 17.4 Å². The molecular formula is C19H22N4O3. The minimum absolute atomic E-state index is 0.0745. The molecule has 0 atom stereocenters. The first-order chi connectivity index (χ1) is 12.5. The first-order valence-electron chi connectivity index (χ1n) is 8.69. The second-order valence-electron chi connectivity index (χ2n) is 7.16. The summed E-state index contributed by atoms with van der Waals surface area (Å²) in [5.74, 6) is -0.211. The molecule has 2 aliphatic rings. The Kier molecular flexibility index (Phi) is 3.84. The number of rotatable bonds is 5. The summed E-state index contributed by atoms with van der Waals surface area (Å²) in [4.78, 5) is 27.1. The second kappa shape index (κ2) is 5.95. The Bertz CT molecular complexity index is 835. The van der Waals surface area contributed by atoms with Crippen molar-refractivity contribution in [1.29, 1.82) is 0 Å². The number of carbonyl (C=O) groups excluding carboxylic acids is 2. The van der Waals surface area contributed by atoms with E-state index in [1.807, 2.05) is 18.2 Å². The summed E-state index contributed by atoms with van der Waals surface area (Å²) < 4.78 is 7.37. The predicted molar refractivity (Wildman–Crippen MR) is 94.7 cm³/mol. The van der Waals surface area contributed by atoms with E-state index in [-0.39, 0.29) is 17.4 Å². The zero-order chi connectivity index (χ0) is 18.4. The molecule has 2 heterocycles. The molecule has 0 radical (unpaired) electrons. The lowest BCUT2D eigenvalue weighted by Crippen LogP contribution is -2.77. The third-order valence-electron chi connectivity index (χ3n) is 5.52. The Balaban J connectivity index is 1.52. The lowest BCUT2D eigenvalue weighted by molar-refractivity contribution is -0.0709. The van der Waals surface area contributed by atoms with Gasteiger partial charge in [0, 0.05) is 39.0 Å². The number of aryl methyl sites for hydroxylation is 1. The van der Waals surface area contributed by atoms with Gasteiger partial charge in [-0.1, -0.05) is 18.2 Å². The van der Waals surface area contributed by atoms with Gasteiger partial charge in [-0.05, 0) is 25.0 Å². The van der Waals surface area contributed by atoms with E-state index in [0.717, 1.165) is 12.8 Å². The lowest BCUT2D eigenvalue weighted by Gasteiger charge is -2.54. The van der Waals surface area contributed by atoms with Crippen molar-refractivity contribution in [2.24, 2.45) is 7.05 Å². The van der Waals surface area contributed by atoms with E-state index in [4.69, 9.17) is 4.74 Å². The fourth-order valence-electron chi connectivity index (χ4n) is 3.81. The van der Waals surface area contributed by atoms with Crippen LogP contribution in [0.25, 0.3) is 0 Å². The third kappa shape index (κ3) is 2.59. The number of hydrogen-bond donors (Lipinski definition) is 1. The van der Waals surface area contributed by atoms with Gasteiger partial charge in [-0.3, -0.25) is 14.3 Å². The van der Waals surface area contributed by atoms with Gasteiger partial charge in [0.15, 0.2) is 0 Å². The van der Waals surface area contributed by atoms with Crippen molar-refractivity contribution in [3.63, 3.8) is 0 Å². The molecule has 2 fully saturated rings. The van der Waals surface area contributed by atoms with Gasteiger partial charge in [-0.2, -0.15) is 5.10 Å². The van der Waals surface area contributed by atoms with Crippen LogP contribution in [0.3, 0.4) is 0 Å². The van der Waals surface area contributed by atoms with E-state index in [0.29, 0.717) is 24.2 Å². The van der Waals surface area contributed by atoms with E-state index in [1.165, 1.54) is 0 Å². The number of amides is 2. The van der Waals surface area contributed by atoms with Crippen molar-refractivity contribution in [3.8, 4) is 0 Å². The number of ether oxygens (including phenoxy) is 1. The molecule has 1 aliphatic carbocycles. The summed E-state index contributed by atoms with van der Waals surface area (Å²) in [5.41, 5.74) is 0.226. The fraction of sp³-hybridized carbons (Fsp3) is 0.421. The molecule has 1 N–H and O–H groups in total. The molecule has 7 nitrogen and oxygen atoms in total. The summed E-state index contributed by atoms with van der Waals surface area (Å²) in [6.45, 7) is 0.875. The normalized spacial score (nSPS) is 19.5. The van der Waals surface area contributed by atoms with Crippen LogP contribution in [-0.2, 0) is 11.8 Å². The maximum atomic E-state index is 12.7. The molecule has 0 bridgehead atoms. The van der Waals surface area contributed by atoms with Crippen molar-refractivity contribution < 1.29 is 14.3 Å². The minimum atomic E-state index is -0.549. The first kappa shape index (κ1) is 16.8. The van der Waals surface area contributed by atoms with E-state index in [1.54, 1.807) is 48.3 Å². The zero-order valence-corrected chi connectivity index (χ0v) is 14.9. The summed E-state index contributed by atoms with van der Waals surface area (Å²) >= 11 is 0. The van der Waals surface area contributed by atoms with Gasteiger partial charge in [0.2, 0.25) is 0 Å². The van der Waals surface area contributed by atoms with Gasteiger partial charge < -0.3 is 15.0 Å². The minimum Gasteiger partial charge on any atom is -0.376 e. The molecule has 0 unspecified atom stereocenters. The number of hydrogen-bond acceptors (Lipinski definition) is 4. The quantitative estimate of drug-likeness (QED) is 0.876. The van der Waals surface area contributed by atoms with Gasteiger partial charge in [0.25, 0.3) is 11.8 Å². The number of aromatic nitrogens is 2. The maximum Gasteiger partial charge on any atom is 0.257 e.